The number of benzene rings is 2. The Labute approximate surface area is 143 Å². The van der Waals surface area contributed by atoms with Crippen LogP contribution in [0, 0.1) is 0 Å². The predicted octanol–water partition coefficient (Wildman–Crippen LogP) is 4.04. The molecule has 1 aliphatic rings. The van der Waals surface area contributed by atoms with Gasteiger partial charge in [0.25, 0.3) is 0 Å². The first-order chi connectivity index (χ1) is 11.7. The average Bonchev–Trinajstić information content (AvgIpc) is 3.09. The fraction of sp³-hybridized carbons (Fsp3) is 0.350. The zero-order chi connectivity index (χ0) is 16.8. The van der Waals surface area contributed by atoms with Crippen LogP contribution in [0.5, 0.6) is 5.75 Å². The number of nitrogens with one attached hydrogen (secondary N) is 1. The maximum Gasteiger partial charge on any atom is 0.226 e. The van der Waals surface area contributed by atoms with Gasteiger partial charge in [0.05, 0.1) is 6.10 Å². The molecule has 0 aromatic heterocycles. The van der Waals surface area contributed by atoms with Crippen molar-refractivity contribution in [2.24, 2.45) is 5.73 Å². The number of hydrogen-bond donors (Lipinski definition) is 2. The summed E-state index contributed by atoms with van der Waals surface area (Å²) in [6.07, 6.45) is 5.25. The summed E-state index contributed by atoms with van der Waals surface area (Å²) in [5.74, 6) is 0.719. The molecule has 1 unspecified atom stereocenters. The lowest BCUT2D eigenvalue weighted by Gasteiger charge is -2.15. The van der Waals surface area contributed by atoms with Crippen LogP contribution in [0.2, 0.25) is 0 Å². The molecule has 4 heteroatoms. The summed E-state index contributed by atoms with van der Waals surface area (Å²) in [4.78, 5) is 12.2. The van der Waals surface area contributed by atoms with Crippen molar-refractivity contribution < 1.29 is 9.53 Å². The molecule has 0 saturated heterocycles. The van der Waals surface area contributed by atoms with Crippen LogP contribution in [0.1, 0.15) is 43.7 Å². The van der Waals surface area contributed by atoms with Crippen LogP contribution in [0.15, 0.2) is 54.6 Å². The van der Waals surface area contributed by atoms with E-state index in [0.29, 0.717) is 6.10 Å². The molecule has 2 aromatic carbocycles. The Morgan fingerprint density at radius 2 is 1.88 bits per heavy atom. The van der Waals surface area contributed by atoms with E-state index in [1.54, 1.807) is 0 Å². The largest absolute Gasteiger partial charge is 0.490 e. The van der Waals surface area contributed by atoms with Gasteiger partial charge in [-0.3, -0.25) is 4.79 Å². The van der Waals surface area contributed by atoms with E-state index < -0.39 is 0 Å². The van der Waals surface area contributed by atoms with Crippen LogP contribution < -0.4 is 15.8 Å². The van der Waals surface area contributed by atoms with Crippen molar-refractivity contribution in [2.75, 3.05) is 5.32 Å². The Balaban J connectivity index is 1.56. The Morgan fingerprint density at radius 1 is 1.12 bits per heavy atom. The topological polar surface area (TPSA) is 64.4 Å². The summed E-state index contributed by atoms with van der Waals surface area (Å²) in [6.45, 7) is 0. The molecule has 0 radical (unpaired) electrons. The Kier molecular flexibility index (Phi) is 5.49. The van der Waals surface area contributed by atoms with Crippen molar-refractivity contribution >= 4 is 11.6 Å². The van der Waals surface area contributed by atoms with Gasteiger partial charge in [0, 0.05) is 24.2 Å². The van der Waals surface area contributed by atoms with Crippen molar-refractivity contribution in [3.63, 3.8) is 0 Å². The second-order valence-electron chi connectivity index (χ2n) is 6.32. The Hall–Kier alpha value is -2.33. The molecule has 2 aromatic rings. The van der Waals surface area contributed by atoms with Gasteiger partial charge in [-0.15, -0.1) is 0 Å². The van der Waals surface area contributed by atoms with E-state index in [-0.39, 0.29) is 18.4 Å². The number of carbonyl (C=O) groups excluding carboxylic acids is 1. The highest BCUT2D eigenvalue weighted by Gasteiger charge is 2.17. The highest BCUT2D eigenvalue weighted by Crippen LogP contribution is 2.26. The number of carbonyl (C=O) groups is 1. The van der Waals surface area contributed by atoms with Crippen LogP contribution in [0.25, 0.3) is 0 Å². The van der Waals surface area contributed by atoms with E-state index >= 15 is 0 Å². The van der Waals surface area contributed by atoms with Gasteiger partial charge in [0.15, 0.2) is 0 Å². The molecule has 3 N–H and O–H groups in total. The molecule has 24 heavy (non-hydrogen) atoms. The molecule has 3 rings (SSSR count). The molecule has 1 aliphatic carbocycles. The van der Waals surface area contributed by atoms with Gasteiger partial charge in [-0.25, -0.2) is 0 Å². The van der Waals surface area contributed by atoms with Crippen molar-refractivity contribution in [1.29, 1.82) is 0 Å². The third-order valence-corrected chi connectivity index (χ3v) is 4.36. The Morgan fingerprint density at radius 3 is 2.62 bits per heavy atom. The minimum absolute atomic E-state index is 0.0932. The van der Waals surface area contributed by atoms with E-state index in [4.69, 9.17) is 10.5 Å². The fourth-order valence-electron chi connectivity index (χ4n) is 3.08. The predicted molar refractivity (Wildman–Crippen MR) is 95.9 cm³/mol. The first kappa shape index (κ1) is 16.5. The molecule has 126 valence electrons. The molecule has 4 nitrogen and oxygen atoms in total. The van der Waals surface area contributed by atoms with Gasteiger partial charge < -0.3 is 15.8 Å². The van der Waals surface area contributed by atoms with Crippen LogP contribution >= 0.6 is 0 Å². The molecular weight excluding hydrogens is 300 g/mol. The van der Waals surface area contributed by atoms with Crippen LogP contribution in [0.4, 0.5) is 5.69 Å². The van der Waals surface area contributed by atoms with Crippen molar-refractivity contribution in [2.45, 2.75) is 44.2 Å². The number of rotatable bonds is 6. The molecule has 0 bridgehead atoms. The summed E-state index contributed by atoms with van der Waals surface area (Å²) in [6, 6.07) is 16.9. The molecule has 1 fully saturated rings. The smallest absolute Gasteiger partial charge is 0.226 e. The minimum atomic E-state index is -0.302. The number of amides is 1. The van der Waals surface area contributed by atoms with E-state index in [0.717, 1.165) is 29.8 Å². The number of anilines is 1. The standard InChI is InChI=1S/C20H24N2O2/c21-19(15-7-2-1-3-8-15)14-20(23)22-16-9-6-12-18(13-16)24-17-10-4-5-11-17/h1-3,6-9,12-13,17,19H,4-5,10-11,14,21H2,(H,22,23). The normalized spacial score (nSPS) is 15.9. The van der Waals surface area contributed by atoms with Gasteiger partial charge in [0.2, 0.25) is 5.91 Å². The highest BCUT2D eigenvalue weighted by molar-refractivity contribution is 5.91. The van der Waals surface area contributed by atoms with Crippen molar-refractivity contribution in [1.82, 2.24) is 0 Å². The quantitative estimate of drug-likeness (QED) is 0.843. The third-order valence-electron chi connectivity index (χ3n) is 4.36. The lowest BCUT2D eigenvalue weighted by molar-refractivity contribution is -0.116. The molecule has 0 spiro atoms. The van der Waals surface area contributed by atoms with E-state index in [2.05, 4.69) is 5.32 Å². The van der Waals surface area contributed by atoms with E-state index in [1.807, 2.05) is 54.6 Å². The first-order valence-electron chi connectivity index (χ1n) is 8.58. The lowest BCUT2D eigenvalue weighted by atomic mass is 10.0. The van der Waals surface area contributed by atoms with Crippen LogP contribution in [-0.4, -0.2) is 12.0 Å². The lowest BCUT2D eigenvalue weighted by Crippen LogP contribution is -2.20. The van der Waals surface area contributed by atoms with Gasteiger partial charge in [-0.05, 0) is 43.4 Å². The number of nitrogens with two attached hydrogens (primary N) is 1. The second kappa shape index (κ2) is 7.97. The molecule has 0 heterocycles. The van der Waals surface area contributed by atoms with E-state index in [1.165, 1.54) is 12.8 Å². The van der Waals surface area contributed by atoms with Gasteiger partial charge in [-0.2, -0.15) is 0 Å². The highest BCUT2D eigenvalue weighted by atomic mass is 16.5. The summed E-state index contributed by atoms with van der Waals surface area (Å²) < 4.78 is 5.97. The second-order valence-corrected chi connectivity index (χ2v) is 6.32. The van der Waals surface area contributed by atoms with Crippen molar-refractivity contribution in [3.05, 3.63) is 60.2 Å². The van der Waals surface area contributed by atoms with Gasteiger partial charge >= 0.3 is 0 Å². The maximum absolute atomic E-state index is 12.2. The monoisotopic (exact) mass is 324 g/mol. The molecule has 1 atom stereocenters. The van der Waals surface area contributed by atoms with Crippen LogP contribution in [-0.2, 0) is 4.79 Å². The SMILES string of the molecule is NC(CC(=O)Nc1cccc(OC2CCCC2)c1)c1ccccc1. The van der Waals surface area contributed by atoms with E-state index in [9.17, 15) is 4.79 Å². The summed E-state index contributed by atoms with van der Waals surface area (Å²) in [7, 11) is 0. The summed E-state index contributed by atoms with van der Waals surface area (Å²) in [5.41, 5.74) is 7.81. The minimum Gasteiger partial charge on any atom is -0.490 e. The Bertz CT molecular complexity index is 666. The van der Waals surface area contributed by atoms with Gasteiger partial charge in [-0.1, -0.05) is 36.4 Å². The van der Waals surface area contributed by atoms with Gasteiger partial charge in [0.1, 0.15) is 5.75 Å². The summed E-state index contributed by atoms with van der Waals surface area (Å²) in [5, 5.41) is 2.91. The molecular formula is C20H24N2O2. The maximum atomic E-state index is 12.2. The number of ether oxygens (including phenoxy) is 1. The molecule has 1 saturated carbocycles. The zero-order valence-electron chi connectivity index (χ0n) is 13.8. The third kappa shape index (κ3) is 4.59. The zero-order valence-corrected chi connectivity index (χ0v) is 13.8. The average molecular weight is 324 g/mol. The molecule has 1 amide bonds. The number of hydrogen-bond acceptors (Lipinski definition) is 3. The van der Waals surface area contributed by atoms with Crippen molar-refractivity contribution in [3.8, 4) is 5.75 Å². The summed E-state index contributed by atoms with van der Waals surface area (Å²) >= 11 is 0. The first-order valence-corrected chi connectivity index (χ1v) is 8.58. The fourth-order valence-corrected chi connectivity index (χ4v) is 3.08. The molecule has 0 aliphatic heterocycles. The van der Waals surface area contributed by atoms with Crippen LogP contribution in [0.3, 0.4) is 0 Å².